The fourth-order valence-electron chi connectivity index (χ4n) is 5.46. The molecule has 2 heterocycles. The lowest BCUT2D eigenvalue weighted by Crippen LogP contribution is -2.34. The smallest absolute Gasteiger partial charge is 0.201 e. The average molecular weight is 547 g/mol. The van der Waals surface area contributed by atoms with Crippen molar-refractivity contribution in [2.24, 2.45) is 0 Å². The first-order chi connectivity index (χ1) is 19.1. The summed E-state index contributed by atoms with van der Waals surface area (Å²) in [4.78, 5) is 0. The van der Waals surface area contributed by atoms with E-state index in [2.05, 4.69) is 0 Å². The lowest BCUT2D eigenvalue weighted by Gasteiger charge is -2.37. The van der Waals surface area contributed by atoms with Crippen LogP contribution in [0.4, 0.5) is 0 Å². The van der Waals surface area contributed by atoms with E-state index in [9.17, 15) is 40.9 Å². The number of benzene rings is 4. The predicted octanol–water partition coefficient (Wildman–Crippen LogP) is 4.10. The number of ether oxygens (including phenoxy) is 2. The molecule has 8 N–H and O–H groups in total. The summed E-state index contributed by atoms with van der Waals surface area (Å²) in [5.74, 6) is -2.94. The van der Waals surface area contributed by atoms with Gasteiger partial charge in [0.05, 0.1) is 0 Å². The van der Waals surface area contributed by atoms with Crippen LogP contribution in [0.25, 0.3) is 0 Å². The summed E-state index contributed by atoms with van der Waals surface area (Å²) in [6.45, 7) is 0. The second-order valence-corrected chi connectivity index (χ2v) is 9.98. The number of rotatable bonds is 3. The van der Waals surface area contributed by atoms with Gasteiger partial charge in [0.1, 0.15) is 29.8 Å². The quantitative estimate of drug-likeness (QED) is 0.174. The molecule has 0 aliphatic carbocycles. The van der Waals surface area contributed by atoms with Gasteiger partial charge in [-0.3, -0.25) is 0 Å². The number of hydrogen-bond acceptors (Lipinski definition) is 10. The molecule has 0 saturated carbocycles. The fourth-order valence-corrected chi connectivity index (χ4v) is 5.46. The van der Waals surface area contributed by atoms with Crippen molar-refractivity contribution in [2.75, 3.05) is 0 Å². The minimum Gasteiger partial charge on any atom is -0.508 e. The van der Waals surface area contributed by atoms with Gasteiger partial charge in [0.2, 0.25) is 11.5 Å². The van der Waals surface area contributed by atoms with Crippen LogP contribution in [0.1, 0.15) is 58.5 Å². The number of aliphatic hydroxyl groups is 2. The largest absolute Gasteiger partial charge is 0.508 e. The van der Waals surface area contributed by atoms with Crippen molar-refractivity contribution in [3.63, 3.8) is 0 Å². The summed E-state index contributed by atoms with van der Waals surface area (Å²) in [5, 5.41) is 84.4. The number of phenols is 6. The third kappa shape index (κ3) is 4.05. The average Bonchev–Trinajstić information content (AvgIpc) is 2.95. The number of aromatic hydroxyl groups is 6. The highest BCUT2D eigenvalue weighted by molar-refractivity contribution is 5.65. The van der Waals surface area contributed by atoms with Gasteiger partial charge in [0.25, 0.3) is 0 Å². The van der Waals surface area contributed by atoms with Crippen molar-refractivity contribution < 1.29 is 50.3 Å². The molecule has 206 valence electrons. The molecule has 2 aliphatic heterocycles. The van der Waals surface area contributed by atoms with E-state index in [1.807, 2.05) is 0 Å². The van der Waals surface area contributed by atoms with Crippen molar-refractivity contribution in [2.45, 2.75) is 36.8 Å². The van der Waals surface area contributed by atoms with Crippen molar-refractivity contribution in [1.29, 1.82) is 0 Å². The number of fused-ring (bicyclic) bond motifs is 2. The van der Waals surface area contributed by atoms with E-state index in [0.29, 0.717) is 16.7 Å². The highest BCUT2D eigenvalue weighted by Crippen LogP contribution is 2.57. The van der Waals surface area contributed by atoms with Crippen LogP contribution in [0.3, 0.4) is 0 Å². The number of hydrogen-bond donors (Lipinski definition) is 8. The molecule has 0 saturated heterocycles. The van der Waals surface area contributed by atoms with Crippen LogP contribution in [0.15, 0.2) is 66.7 Å². The van der Waals surface area contributed by atoms with Gasteiger partial charge in [0, 0.05) is 22.6 Å². The van der Waals surface area contributed by atoms with Gasteiger partial charge in [-0.25, -0.2) is 0 Å². The molecule has 0 amide bonds. The molecule has 0 fully saturated rings. The molecule has 10 nitrogen and oxygen atoms in total. The standard InChI is InChI=1S/C30H26O10/c31-15-5-1-13(2-6-15)22-12-18(17-9-10-21(33)25(36)29(17)39-22)19-11-20-24(35)26(37)28(14-3-7-16(32)8-4-14)40-30(20)27(38)23(19)34/h1-11,18,22,24,26,28,31-38H,12H2. The fraction of sp³-hybridized carbons (Fsp3) is 0.200. The molecule has 4 aromatic rings. The molecule has 10 heteroatoms. The van der Waals surface area contributed by atoms with Crippen molar-refractivity contribution in [1.82, 2.24) is 0 Å². The summed E-state index contributed by atoms with van der Waals surface area (Å²) < 4.78 is 11.9. The SMILES string of the molecule is Oc1ccc(C2CC(c3cc4c(c(O)c3O)OC(c3ccc(O)cc3)C(O)C4O)c3ccc(O)c(O)c3O2)cc1. The van der Waals surface area contributed by atoms with Crippen molar-refractivity contribution >= 4 is 0 Å². The van der Waals surface area contributed by atoms with E-state index in [0.717, 1.165) is 0 Å². The Kier molecular flexibility index (Phi) is 6.01. The summed E-state index contributed by atoms with van der Waals surface area (Å²) in [6, 6.07) is 16.3. The van der Waals surface area contributed by atoms with E-state index < -0.39 is 53.3 Å². The van der Waals surface area contributed by atoms with Gasteiger partial charge in [-0.2, -0.15) is 0 Å². The highest BCUT2D eigenvalue weighted by Gasteiger charge is 2.42. The molecule has 4 aromatic carbocycles. The zero-order valence-corrected chi connectivity index (χ0v) is 20.8. The molecular weight excluding hydrogens is 520 g/mol. The minimum absolute atomic E-state index is 0.00170. The second-order valence-electron chi connectivity index (χ2n) is 9.98. The van der Waals surface area contributed by atoms with E-state index >= 15 is 0 Å². The zero-order chi connectivity index (χ0) is 28.3. The first kappa shape index (κ1) is 25.5. The van der Waals surface area contributed by atoms with E-state index in [4.69, 9.17) is 9.47 Å². The molecule has 5 atom stereocenters. The van der Waals surface area contributed by atoms with Crippen LogP contribution in [0.5, 0.6) is 46.0 Å². The first-order valence-corrected chi connectivity index (χ1v) is 12.5. The molecule has 6 rings (SSSR count). The molecule has 2 aliphatic rings. The Balaban J connectivity index is 1.46. The maximum absolute atomic E-state index is 11.2. The predicted molar refractivity (Wildman–Crippen MR) is 140 cm³/mol. The third-order valence-electron chi connectivity index (χ3n) is 7.57. The highest BCUT2D eigenvalue weighted by atomic mass is 16.5. The Hall–Kier alpha value is -4.80. The summed E-state index contributed by atoms with van der Waals surface area (Å²) in [5.41, 5.74) is 1.71. The van der Waals surface area contributed by atoms with Gasteiger partial charge in [-0.1, -0.05) is 30.3 Å². The molecule has 40 heavy (non-hydrogen) atoms. The van der Waals surface area contributed by atoms with Gasteiger partial charge < -0.3 is 50.3 Å². The van der Waals surface area contributed by atoms with Gasteiger partial charge >= 0.3 is 0 Å². The number of aliphatic hydroxyl groups excluding tert-OH is 2. The monoisotopic (exact) mass is 546 g/mol. The molecule has 0 aromatic heterocycles. The van der Waals surface area contributed by atoms with Crippen LogP contribution in [-0.4, -0.2) is 47.0 Å². The third-order valence-corrected chi connectivity index (χ3v) is 7.57. The lowest BCUT2D eigenvalue weighted by molar-refractivity contribution is -0.0710. The van der Waals surface area contributed by atoms with Crippen LogP contribution in [0.2, 0.25) is 0 Å². The van der Waals surface area contributed by atoms with Crippen LogP contribution in [0, 0.1) is 0 Å². The summed E-state index contributed by atoms with van der Waals surface area (Å²) >= 11 is 0. The molecule has 5 unspecified atom stereocenters. The van der Waals surface area contributed by atoms with Gasteiger partial charge in [-0.05, 0) is 53.9 Å². The van der Waals surface area contributed by atoms with E-state index in [1.165, 1.54) is 54.6 Å². The topological polar surface area (TPSA) is 180 Å². The van der Waals surface area contributed by atoms with E-state index in [1.54, 1.807) is 12.1 Å². The minimum atomic E-state index is -1.51. The molecule has 0 bridgehead atoms. The van der Waals surface area contributed by atoms with Gasteiger partial charge in [0.15, 0.2) is 29.1 Å². The van der Waals surface area contributed by atoms with Crippen LogP contribution >= 0.6 is 0 Å². The zero-order valence-electron chi connectivity index (χ0n) is 20.8. The summed E-state index contributed by atoms with van der Waals surface area (Å²) in [7, 11) is 0. The normalized spacial score (nSPS) is 23.4. The molecular formula is C30H26O10. The molecule has 0 spiro atoms. The van der Waals surface area contributed by atoms with E-state index in [-0.39, 0.29) is 40.5 Å². The number of phenolic OH excluding ortho intramolecular Hbond substituents is 6. The van der Waals surface area contributed by atoms with Crippen molar-refractivity contribution in [3.05, 3.63) is 94.5 Å². The maximum atomic E-state index is 11.2. The Bertz CT molecular complexity index is 1580. The van der Waals surface area contributed by atoms with Crippen LogP contribution < -0.4 is 9.47 Å². The van der Waals surface area contributed by atoms with Crippen molar-refractivity contribution in [3.8, 4) is 46.0 Å². The Morgan fingerprint density at radius 2 is 1.18 bits per heavy atom. The Morgan fingerprint density at radius 1 is 0.575 bits per heavy atom. The molecule has 0 radical (unpaired) electrons. The Labute approximate surface area is 227 Å². The van der Waals surface area contributed by atoms with Crippen LogP contribution in [-0.2, 0) is 0 Å². The Morgan fingerprint density at radius 3 is 1.82 bits per heavy atom. The van der Waals surface area contributed by atoms with Gasteiger partial charge in [-0.15, -0.1) is 0 Å². The first-order valence-electron chi connectivity index (χ1n) is 12.5. The lowest BCUT2D eigenvalue weighted by atomic mass is 9.80. The second kappa shape index (κ2) is 9.44. The maximum Gasteiger partial charge on any atom is 0.201 e. The summed E-state index contributed by atoms with van der Waals surface area (Å²) in [6.07, 6.45) is -4.52.